The first-order valence-electron chi connectivity index (χ1n) is 3.37. The van der Waals surface area contributed by atoms with Crippen LogP contribution in [0.4, 0.5) is 0 Å². The van der Waals surface area contributed by atoms with E-state index in [1.165, 1.54) is 24.4 Å². The summed E-state index contributed by atoms with van der Waals surface area (Å²) in [5, 5.41) is 4.92. The van der Waals surface area contributed by atoms with Gasteiger partial charge >= 0.3 is 0 Å². The molecule has 0 saturated carbocycles. The second-order valence-corrected chi connectivity index (χ2v) is 2.17. The Kier molecular flexibility index (Phi) is 2.76. The first-order valence-corrected chi connectivity index (χ1v) is 3.37. The summed E-state index contributed by atoms with van der Waals surface area (Å²) < 4.78 is 1.43. The highest BCUT2D eigenvalue weighted by Crippen LogP contribution is 1.88. The van der Waals surface area contributed by atoms with Crippen molar-refractivity contribution < 1.29 is 9.63 Å². The molecule has 0 saturated heterocycles. The maximum absolute atomic E-state index is 11.2. The predicted molar refractivity (Wildman–Crippen MR) is 39.8 cm³/mol. The lowest BCUT2D eigenvalue weighted by molar-refractivity contribution is -0.169. The van der Waals surface area contributed by atoms with Crippen LogP contribution >= 0.6 is 0 Å². The number of carbonyl (C=O) groups is 1. The molecule has 0 unspecified atom stereocenters. The molecule has 0 aliphatic heterocycles. The van der Waals surface area contributed by atoms with E-state index in [0.717, 1.165) is 5.06 Å². The zero-order valence-electron chi connectivity index (χ0n) is 6.97. The highest BCUT2D eigenvalue weighted by molar-refractivity contribution is 5.74. The van der Waals surface area contributed by atoms with Gasteiger partial charge in [0.1, 0.15) is 19.2 Å². The number of hydrogen-bond donors (Lipinski definition) is 0. The fourth-order valence-electron chi connectivity index (χ4n) is 0.654. The minimum Gasteiger partial charge on any atom is -0.275 e. The summed E-state index contributed by atoms with van der Waals surface area (Å²) in [5.74, 6) is -0.178. The fourth-order valence-corrected chi connectivity index (χ4v) is 0.654. The van der Waals surface area contributed by atoms with Crippen LogP contribution in [0.3, 0.4) is 0 Å². The second kappa shape index (κ2) is 3.82. The standard InChI is InChI=1S/C6H10N4O2/c1-9(12-2)6(11)3-10-5-7-4-8-10/h4-5H,3H2,1-2H3. The third kappa shape index (κ3) is 2.03. The van der Waals surface area contributed by atoms with Gasteiger partial charge in [0.15, 0.2) is 0 Å². The van der Waals surface area contributed by atoms with E-state index in [2.05, 4.69) is 14.9 Å². The normalized spacial score (nSPS) is 9.83. The Morgan fingerprint density at radius 3 is 3.00 bits per heavy atom. The van der Waals surface area contributed by atoms with E-state index in [1.54, 1.807) is 7.05 Å². The van der Waals surface area contributed by atoms with E-state index in [9.17, 15) is 4.79 Å². The van der Waals surface area contributed by atoms with Gasteiger partial charge in [0.25, 0.3) is 5.91 Å². The Morgan fingerprint density at radius 2 is 2.50 bits per heavy atom. The molecule has 0 aliphatic carbocycles. The van der Waals surface area contributed by atoms with Gasteiger partial charge in [-0.2, -0.15) is 5.10 Å². The van der Waals surface area contributed by atoms with Crippen LogP contribution in [-0.2, 0) is 16.2 Å². The zero-order chi connectivity index (χ0) is 8.97. The van der Waals surface area contributed by atoms with Crippen LogP contribution in [0.25, 0.3) is 0 Å². The van der Waals surface area contributed by atoms with Crippen LogP contribution in [0.1, 0.15) is 0 Å². The van der Waals surface area contributed by atoms with Gasteiger partial charge in [-0.1, -0.05) is 0 Å². The molecule has 0 atom stereocenters. The molecule has 0 N–H and O–H groups in total. The number of likely N-dealkylation sites (N-methyl/N-ethyl adjacent to an activating group) is 1. The molecule has 1 aromatic rings. The van der Waals surface area contributed by atoms with Gasteiger partial charge in [-0.25, -0.2) is 14.7 Å². The Morgan fingerprint density at radius 1 is 1.75 bits per heavy atom. The van der Waals surface area contributed by atoms with Crippen LogP contribution in [0.2, 0.25) is 0 Å². The third-order valence-corrected chi connectivity index (χ3v) is 1.39. The van der Waals surface area contributed by atoms with E-state index in [4.69, 9.17) is 0 Å². The van der Waals surface area contributed by atoms with Gasteiger partial charge < -0.3 is 0 Å². The molecule has 6 heteroatoms. The van der Waals surface area contributed by atoms with E-state index >= 15 is 0 Å². The van der Waals surface area contributed by atoms with Crippen molar-refractivity contribution in [2.75, 3.05) is 14.2 Å². The van der Waals surface area contributed by atoms with Crippen molar-refractivity contribution in [3.63, 3.8) is 0 Å². The minimum absolute atomic E-state index is 0.143. The summed E-state index contributed by atoms with van der Waals surface area (Å²) >= 11 is 0. The van der Waals surface area contributed by atoms with E-state index in [-0.39, 0.29) is 12.5 Å². The topological polar surface area (TPSA) is 60.2 Å². The van der Waals surface area contributed by atoms with Gasteiger partial charge in [-0.15, -0.1) is 0 Å². The van der Waals surface area contributed by atoms with Gasteiger partial charge in [0, 0.05) is 7.05 Å². The van der Waals surface area contributed by atoms with Gasteiger partial charge in [0.2, 0.25) is 0 Å². The zero-order valence-corrected chi connectivity index (χ0v) is 6.97. The average molecular weight is 170 g/mol. The Balaban J connectivity index is 2.47. The fraction of sp³-hybridized carbons (Fsp3) is 0.500. The number of hydroxylamine groups is 2. The molecule has 6 nitrogen and oxygen atoms in total. The molecule has 1 amide bonds. The molecule has 1 rings (SSSR count). The summed E-state index contributed by atoms with van der Waals surface area (Å²) in [6, 6.07) is 0. The monoisotopic (exact) mass is 170 g/mol. The number of amides is 1. The van der Waals surface area contributed by atoms with Crippen LogP contribution in [0, 0.1) is 0 Å². The first-order chi connectivity index (χ1) is 5.74. The Labute approximate surface area is 69.7 Å². The van der Waals surface area contributed by atoms with Crippen molar-refractivity contribution in [3.8, 4) is 0 Å². The summed E-state index contributed by atoms with van der Waals surface area (Å²) in [7, 11) is 2.97. The van der Waals surface area contributed by atoms with Crippen molar-refractivity contribution in [3.05, 3.63) is 12.7 Å². The highest BCUT2D eigenvalue weighted by atomic mass is 16.7. The van der Waals surface area contributed by atoms with Crippen molar-refractivity contribution in [1.82, 2.24) is 19.8 Å². The Bertz CT molecular complexity index is 246. The van der Waals surface area contributed by atoms with E-state index in [0.29, 0.717) is 0 Å². The van der Waals surface area contributed by atoms with Crippen LogP contribution in [0.5, 0.6) is 0 Å². The average Bonchev–Trinajstić information content (AvgIpc) is 2.55. The quantitative estimate of drug-likeness (QED) is 0.563. The number of nitrogens with zero attached hydrogens (tertiary/aromatic N) is 4. The van der Waals surface area contributed by atoms with E-state index < -0.39 is 0 Å². The SMILES string of the molecule is CON(C)C(=O)Cn1cncn1. The van der Waals surface area contributed by atoms with Crippen LogP contribution in [0.15, 0.2) is 12.7 Å². The lowest BCUT2D eigenvalue weighted by Gasteiger charge is -2.12. The molecule has 0 aromatic carbocycles. The number of hydrogen-bond acceptors (Lipinski definition) is 4. The summed E-state index contributed by atoms with van der Waals surface area (Å²) in [5.41, 5.74) is 0. The molecule has 0 radical (unpaired) electrons. The number of rotatable bonds is 3. The molecule has 0 bridgehead atoms. The van der Waals surface area contributed by atoms with Gasteiger partial charge in [-0.05, 0) is 0 Å². The molecule has 66 valence electrons. The predicted octanol–water partition coefficient (Wildman–Crippen LogP) is -0.702. The molecule has 1 heterocycles. The summed E-state index contributed by atoms with van der Waals surface area (Å²) in [6.45, 7) is 0.143. The maximum Gasteiger partial charge on any atom is 0.267 e. The van der Waals surface area contributed by atoms with E-state index in [1.807, 2.05) is 0 Å². The lowest BCUT2D eigenvalue weighted by atomic mass is 10.6. The largest absolute Gasteiger partial charge is 0.275 e. The summed E-state index contributed by atoms with van der Waals surface area (Å²) in [4.78, 5) is 19.5. The van der Waals surface area contributed by atoms with Crippen molar-refractivity contribution in [2.45, 2.75) is 6.54 Å². The molecular weight excluding hydrogens is 160 g/mol. The molecule has 0 fully saturated rings. The third-order valence-electron chi connectivity index (χ3n) is 1.39. The van der Waals surface area contributed by atoms with Crippen molar-refractivity contribution >= 4 is 5.91 Å². The summed E-state index contributed by atoms with van der Waals surface area (Å²) in [6.07, 6.45) is 2.85. The van der Waals surface area contributed by atoms with Crippen LogP contribution in [-0.4, -0.2) is 39.9 Å². The second-order valence-electron chi connectivity index (χ2n) is 2.17. The van der Waals surface area contributed by atoms with Crippen molar-refractivity contribution in [1.29, 1.82) is 0 Å². The Hall–Kier alpha value is -1.43. The van der Waals surface area contributed by atoms with Crippen LogP contribution < -0.4 is 0 Å². The van der Waals surface area contributed by atoms with Gasteiger partial charge in [0.05, 0.1) is 7.11 Å². The molecule has 0 spiro atoms. The maximum atomic E-state index is 11.2. The number of aromatic nitrogens is 3. The number of carbonyl (C=O) groups excluding carboxylic acids is 1. The molecular formula is C6H10N4O2. The van der Waals surface area contributed by atoms with Crippen molar-refractivity contribution in [2.24, 2.45) is 0 Å². The smallest absolute Gasteiger partial charge is 0.267 e. The first kappa shape index (κ1) is 8.66. The van der Waals surface area contributed by atoms with Gasteiger partial charge in [-0.3, -0.25) is 9.63 Å². The lowest BCUT2D eigenvalue weighted by Crippen LogP contribution is -2.29. The molecule has 0 aliphatic rings. The molecule has 12 heavy (non-hydrogen) atoms. The highest BCUT2D eigenvalue weighted by Gasteiger charge is 2.07. The molecule has 1 aromatic heterocycles. The minimum atomic E-state index is -0.178.